The highest BCUT2D eigenvalue weighted by Gasteiger charge is 2.07. The lowest BCUT2D eigenvalue weighted by atomic mass is 10.8. The van der Waals surface area contributed by atoms with Crippen molar-refractivity contribution in [2.75, 3.05) is 6.61 Å². The van der Waals surface area contributed by atoms with Gasteiger partial charge in [-0.05, 0) is 19.6 Å². The molecule has 0 spiro atoms. The van der Waals surface area contributed by atoms with Crippen LogP contribution in [0.15, 0.2) is 4.66 Å². The second kappa shape index (κ2) is 2.99. The van der Waals surface area contributed by atoms with Gasteiger partial charge < -0.3 is 9.76 Å². The van der Waals surface area contributed by atoms with E-state index < -0.39 is 8.24 Å². The Morgan fingerprint density at radius 1 is 1.50 bits per heavy atom. The van der Waals surface area contributed by atoms with Crippen molar-refractivity contribution in [3.63, 3.8) is 0 Å². The molecule has 0 saturated carbocycles. The Hall–Kier alpha value is -0.153. The van der Waals surface area contributed by atoms with Crippen LogP contribution in [0.1, 0.15) is 0 Å². The quantitative estimate of drug-likeness (QED) is 0.438. The molecule has 0 amide bonds. The first-order valence-electron chi connectivity index (χ1n) is 2.71. The molecule has 0 heterocycles. The summed E-state index contributed by atoms with van der Waals surface area (Å²) >= 11 is 0. The SMILES string of the molecule is C[Si](C)(C)N=CCO. The lowest BCUT2D eigenvalue weighted by Gasteiger charge is -2.05. The number of hydrogen-bond acceptors (Lipinski definition) is 2. The fraction of sp³-hybridized carbons (Fsp3) is 0.800. The van der Waals surface area contributed by atoms with Crippen LogP contribution in [0.2, 0.25) is 19.6 Å². The van der Waals surface area contributed by atoms with Gasteiger partial charge in [0.05, 0.1) is 6.61 Å². The van der Waals surface area contributed by atoms with E-state index in [0.29, 0.717) is 0 Å². The molecule has 0 aromatic heterocycles. The van der Waals surface area contributed by atoms with Gasteiger partial charge in [0.1, 0.15) is 0 Å². The van der Waals surface area contributed by atoms with Crippen LogP contribution in [-0.2, 0) is 0 Å². The summed E-state index contributed by atoms with van der Waals surface area (Å²) in [5.41, 5.74) is 0. The Morgan fingerprint density at radius 2 is 2.00 bits per heavy atom. The summed E-state index contributed by atoms with van der Waals surface area (Å²) in [5.74, 6) is 0. The molecule has 0 aliphatic heterocycles. The molecule has 8 heavy (non-hydrogen) atoms. The molecule has 3 heteroatoms. The van der Waals surface area contributed by atoms with Crippen LogP contribution in [-0.4, -0.2) is 26.2 Å². The van der Waals surface area contributed by atoms with Gasteiger partial charge in [0.25, 0.3) is 0 Å². The van der Waals surface area contributed by atoms with Crippen molar-refractivity contribution in [1.82, 2.24) is 0 Å². The van der Waals surface area contributed by atoms with Gasteiger partial charge in [-0.1, -0.05) is 0 Å². The van der Waals surface area contributed by atoms with E-state index in [1.165, 1.54) is 0 Å². The van der Waals surface area contributed by atoms with E-state index in [9.17, 15) is 0 Å². The van der Waals surface area contributed by atoms with Crippen molar-refractivity contribution >= 4 is 14.5 Å². The van der Waals surface area contributed by atoms with Crippen LogP contribution >= 0.6 is 0 Å². The highest BCUT2D eigenvalue weighted by molar-refractivity contribution is 6.75. The molecule has 0 aromatic carbocycles. The summed E-state index contributed by atoms with van der Waals surface area (Å²) in [6, 6.07) is 0. The van der Waals surface area contributed by atoms with E-state index in [2.05, 4.69) is 24.3 Å². The average molecular weight is 131 g/mol. The van der Waals surface area contributed by atoms with E-state index in [-0.39, 0.29) is 6.61 Å². The summed E-state index contributed by atoms with van der Waals surface area (Å²) in [7, 11) is -1.27. The maximum absolute atomic E-state index is 8.30. The maximum atomic E-state index is 8.30. The van der Waals surface area contributed by atoms with Crippen molar-refractivity contribution in [2.45, 2.75) is 19.6 Å². The van der Waals surface area contributed by atoms with Gasteiger partial charge in [0, 0.05) is 6.21 Å². The first-order valence-corrected chi connectivity index (χ1v) is 6.15. The van der Waals surface area contributed by atoms with Crippen LogP contribution in [0.3, 0.4) is 0 Å². The zero-order chi connectivity index (χ0) is 6.62. The Kier molecular flexibility index (Phi) is 2.93. The van der Waals surface area contributed by atoms with Gasteiger partial charge in [-0.15, -0.1) is 0 Å². The highest BCUT2D eigenvalue weighted by atomic mass is 28.3. The number of hydrogen-bond donors (Lipinski definition) is 1. The Morgan fingerprint density at radius 3 is 2.12 bits per heavy atom. The minimum atomic E-state index is -1.27. The number of nitrogens with zero attached hydrogens (tertiary/aromatic N) is 1. The van der Waals surface area contributed by atoms with Crippen LogP contribution < -0.4 is 0 Å². The Bertz CT molecular complexity index is 84.9. The highest BCUT2D eigenvalue weighted by Crippen LogP contribution is 1.99. The predicted octanol–water partition coefficient (Wildman–Crippen LogP) is 0.884. The second-order valence-corrected chi connectivity index (χ2v) is 7.26. The standard InChI is InChI=1S/C5H13NOSi/c1-8(2,3)6-4-5-7/h4,7H,5H2,1-3H3. The van der Waals surface area contributed by atoms with Crippen molar-refractivity contribution in [2.24, 2.45) is 4.66 Å². The van der Waals surface area contributed by atoms with Crippen LogP contribution in [0, 0.1) is 0 Å². The number of aliphatic hydroxyl groups excluding tert-OH is 1. The molecule has 0 atom stereocenters. The van der Waals surface area contributed by atoms with E-state index in [1.54, 1.807) is 6.21 Å². The summed E-state index contributed by atoms with van der Waals surface area (Å²) in [6.07, 6.45) is 1.58. The average Bonchev–Trinajstić information content (AvgIpc) is 1.59. The molecular formula is C5H13NOSi. The molecule has 48 valence electrons. The van der Waals surface area contributed by atoms with E-state index in [1.807, 2.05) is 0 Å². The molecule has 2 nitrogen and oxygen atoms in total. The van der Waals surface area contributed by atoms with E-state index in [0.717, 1.165) is 0 Å². The molecule has 1 N–H and O–H groups in total. The van der Waals surface area contributed by atoms with E-state index in [4.69, 9.17) is 5.11 Å². The molecule has 0 bridgehead atoms. The topological polar surface area (TPSA) is 32.6 Å². The predicted molar refractivity (Wildman–Crippen MR) is 38.9 cm³/mol. The van der Waals surface area contributed by atoms with Gasteiger partial charge in [-0.2, -0.15) is 0 Å². The van der Waals surface area contributed by atoms with Gasteiger partial charge in [-0.25, -0.2) is 0 Å². The first-order chi connectivity index (χ1) is 3.56. The van der Waals surface area contributed by atoms with Crippen molar-refractivity contribution in [3.8, 4) is 0 Å². The molecule has 0 aliphatic carbocycles. The fourth-order valence-corrected chi connectivity index (χ4v) is 0.944. The third kappa shape index (κ3) is 5.85. The molecular weight excluding hydrogens is 118 g/mol. The lowest BCUT2D eigenvalue weighted by molar-refractivity contribution is 0.362. The molecule has 0 saturated heterocycles. The van der Waals surface area contributed by atoms with Crippen LogP contribution in [0.25, 0.3) is 0 Å². The first kappa shape index (κ1) is 7.85. The van der Waals surface area contributed by atoms with Gasteiger partial charge >= 0.3 is 0 Å². The fourth-order valence-electron chi connectivity index (χ4n) is 0.315. The van der Waals surface area contributed by atoms with Crippen molar-refractivity contribution in [1.29, 1.82) is 0 Å². The van der Waals surface area contributed by atoms with E-state index >= 15 is 0 Å². The molecule has 0 aliphatic rings. The molecule has 0 rings (SSSR count). The largest absolute Gasteiger partial charge is 0.391 e. The smallest absolute Gasteiger partial charge is 0.171 e. The third-order valence-electron chi connectivity index (χ3n) is 0.560. The molecule has 0 radical (unpaired) electrons. The zero-order valence-electron chi connectivity index (χ0n) is 5.68. The Balaban J connectivity index is 3.52. The summed E-state index contributed by atoms with van der Waals surface area (Å²) in [4.78, 5) is 0. The van der Waals surface area contributed by atoms with Gasteiger partial charge in [0.2, 0.25) is 0 Å². The summed E-state index contributed by atoms with van der Waals surface area (Å²) in [6.45, 7) is 6.45. The summed E-state index contributed by atoms with van der Waals surface area (Å²) in [5, 5.41) is 8.30. The monoisotopic (exact) mass is 131 g/mol. The Labute approximate surface area is 51.3 Å². The van der Waals surface area contributed by atoms with Crippen molar-refractivity contribution < 1.29 is 5.11 Å². The minimum absolute atomic E-state index is 0.0737. The molecule has 0 unspecified atom stereocenters. The number of aliphatic hydroxyl groups is 1. The number of rotatable bonds is 2. The third-order valence-corrected chi connectivity index (χ3v) is 1.52. The van der Waals surface area contributed by atoms with Crippen molar-refractivity contribution in [3.05, 3.63) is 0 Å². The second-order valence-electron chi connectivity index (χ2n) is 2.67. The zero-order valence-corrected chi connectivity index (χ0v) is 6.68. The normalized spacial score (nSPS) is 13.0. The van der Waals surface area contributed by atoms with Gasteiger partial charge in [0.15, 0.2) is 8.24 Å². The summed E-state index contributed by atoms with van der Waals surface area (Å²) < 4.78 is 4.14. The lowest BCUT2D eigenvalue weighted by Crippen LogP contribution is -2.16. The van der Waals surface area contributed by atoms with Crippen LogP contribution in [0.5, 0.6) is 0 Å². The van der Waals surface area contributed by atoms with Crippen LogP contribution in [0.4, 0.5) is 0 Å². The maximum Gasteiger partial charge on any atom is 0.171 e. The minimum Gasteiger partial charge on any atom is -0.391 e. The molecule has 0 fully saturated rings. The molecule has 0 aromatic rings. The van der Waals surface area contributed by atoms with Gasteiger partial charge in [-0.3, -0.25) is 0 Å².